The van der Waals surface area contributed by atoms with Gasteiger partial charge in [0.05, 0.1) is 13.3 Å². The number of Topliss-reactive ketones (excluding diaryl/α,β-unsaturated/α-hetero) is 1. The molecule has 5 nitrogen and oxygen atoms in total. The van der Waals surface area contributed by atoms with E-state index in [0.717, 1.165) is 6.32 Å². The van der Waals surface area contributed by atoms with Gasteiger partial charge in [0.1, 0.15) is 11.5 Å². The number of carbonyl (C=O) groups is 1. The molecule has 0 aliphatic carbocycles. The number of rotatable bonds is 4. The van der Waals surface area contributed by atoms with Crippen LogP contribution in [0.3, 0.4) is 0 Å². The van der Waals surface area contributed by atoms with Gasteiger partial charge in [0.25, 0.3) is 0 Å². The molecule has 0 saturated heterocycles. The lowest BCUT2D eigenvalue weighted by Gasteiger charge is -2.24. The van der Waals surface area contributed by atoms with E-state index in [1.54, 1.807) is 32.0 Å². The molecule has 0 spiro atoms. The van der Waals surface area contributed by atoms with Crippen LogP contribution in [0.15, 0.2) is 24.3 Å². The highest BCUT2D eigenvalue weighted by Gasteiger charge is 2.31. The fourth-order valence-electron chi connectivity index (χ4n) is 1.38. The number of hydrogen-bond acceptors (Lipinski definition) is 3. The number of para-hydroxylation sites is 1. The quantitative estimate of drug-likeness (QED) is 0.571. The van der Waals surface area contributed by atoms with Crippen molar-refractivity contribution in [2.75, 3.05) is 0 Å². The summed E-state index contributed by atoms with van der Waals surface area (Å²) in [5, 5.41) is 0. The van der Waals surface area contributed by atoms with Crippen LogP contribution in [0.2, 0.25) is 6.32 Å². The van der Waals surface area contributed by atoms with Crippen molar-refractivity contribution in [2.24, 2.45) is 0 Å². The van der Waals surface area contributed by atoms with E-state index in [-0.39, 0.29) is 41.2 Å². The van der Waals surface area contributed by atoms with E-state index in [0.29, 0.717) is 5.56 Å². The second-order valence-electron chi connectivity index (χ2n) is 4.67. The van der Waals surface area contributed by atoms with Crippen LogP contribution in [0.1, 0.15) is 63.0 Å². The molecule has 0 atom stereocenters. The average molecular weight is 362 g/mol. The molecule has 0 saturated carbocycles. The molecule has 0 aliphatic heterocycles. The monoisotopic (exact) mass is 362 g/mol. The van der Waals surface area contributed by atoms with Crippen LogP contribution in [0.25, 0.3) is 0 Å². The summed E-state index contributed by atoms with van der Waals surface area (Å²) in [6.07, 6.45) is 0.750. The summed E-state index contributed by atoms with van der Waals surface area (Å²) < 4.78 is 15.4. The third-order valence-corrected chi connectivity index (χ3v) is 3.09. The maximum Gasteiger partial charge on any atom is 0.524 e. The minimum atomic E-state index is -4.63. The normalized spacial score (nSPS) is 9.42. The molecule has 0 heterocycles. The molecule has 1 aromatic rings. The standard InChI is InChI=1S/C11H15O5P.C2H5B.4CH4/c1-8(12)11(2,3)9-6-4-5-7-10(9)16-17(13,14)15;1-2-3;;;;/h4-7H,1-3H3,(H2,13,14,15);2H2,1H3;4*1H4. The van der Waals surface area contributed by atoms with Crippen molar-refractivity contribution in [1.29, 1.82) is 0 Å². The molecule has 7 heteroatoms. The zero-order valence-corrected chi connectivity index (χ0v) is 13.1. The van der Waals surface area contributed by atoms with Crippen LogP contribution in [-0.2, 0) is 14.8 Å². The predicted octanol–water partition coefficient (Wildman–Crippen LogP) is 5.16. The first-order valence-electron chi connectivity index (χ1n) is 6.12. The second-order valence-corrected chi connectivity index (χ2v) is 5.83. The van der Waals surface area contributed by atoms with E-state index in [1.807, 2.05) is 6.92 Å². The Bertz CT molecular complexity index is 498. The molecule has 2 N–H and O–H groups in total. The number of phosphoric acid groups is 1. The summed E-state index contributed by atoms with van der Waals surface area (Å²) in [5.41, 5.74) is -0.401. The molecule has 24 heavy (non-hydrogen) atoms. The molecular weight excluding hydrogens is 326 g/mol. The zero-order chi connectivity index (χ0) is 16.0. The van der Waals surface area contributed by atoms with Gasteiger partial charge < -0.3 is 4.52 Å². The first-order valence-corrected chi connectivity index (χ1v) is 7.65. The zero-order valence-electron chi connectivity index (χ0n) is 12.2. The van der Waals surface area contributed by atoms with Gasteiger partial charge in [0, 0.05) is 5.56 Å². The minimum Gasteiger partial charge on any atom is -0.404 e. The number of benzene rings is 1. The van der Waals surface area contributed by atoms with Crippen molar-refractivity contribution in [3.63, 3.8) is 0 Å². The Balaban J connectivity index is -0.000000160. The molecule has 0 bridgehead atoms. The summed E-state index contributed by atoms with van der Waals surface area (Å²) in [4.78, 5) is 29.1. The van der Waals surface area contributed by atoms with E-state index in [4.69, 9.17) is 17.6 Å². The van der Waals surface area contributed by atoms with Crippen molar-refractivity contribution in [1.82, 2.24) is 0 Å². The summed E-state index contributed by atoms with van der Waals surface area (Å²) in [5.74, 6) is -0.0831. The third kappa shape index (κ3) is 11.4. The summed E-state index contributed by atoms with van der Waals surface area (Å²) in [7, 11) is 0.222. The molecule has 0 fully saturated rings. The van der Waals surface area contributed by atoms with E-state index in [9.17, 15) is 9.36 Å². The molecular formula is C17H36BO5P. The minimum absolute atomic E-state index is 0. The van der Waals surface area contributed by atoms with Crippen molar-refractivity contribution in [3.05, 3.63) is 29.8 Å². The summed E-state index contributed by atoms with van der Waals surface area (Å²) >= 11 is 0. The van der Waals surface area contributed by atoms with Crippen molar-refractivity contribution < 1.29 is 23.7 Å². The highest BCUT2D eigenvalue weighted by molar-refractivity contribution is 7.46. The third-order valence-electron chi connectivity index (χ3n) is 2.66. The molecule has 0 aliphatic rings. The second kappa shape index (κ2) is 14.3. The van der Waals surface area contributed by atoms with Crippen LogP contribution < -0.4 is 4.52 Å². The van der Waals surface area contributed by atoms with Crippen LogP contribution in [-0.4, -0.2) is 23.4 Å². The number of ketones is 1. The molecule has 1 rings (SSSR count). The summed E-state index contributed by atoms with van der Waals surface area (Å²) in [6.45, 7) is 6.68. The fraction of sp³-hybridized carbons (Fsp3) is 0.588. The van der Waals surface area contributed by atoms with Gasteiger partial charge in [-0.05, 0) is 26.8 Å². The molecule has 2 radical (unpaired) electrons. The number of carbonyl (C=O) groups excluding carboxylic acids is 1. The Morgan fingerprint density at radius 3 is 1.88 bits per heavy atom. The van der Waals surface area contributed by atoms with Gasteiger partial charge in [-0.2, -0.15) is 0 Å². The molecule has 1 aromatic carbocycles. The molecule has 142 valence electrons. The first-order chi connectivity index (χ1) is 9.06. The van der Waals surface area contributed by atoms with Crippen LogP contribution in [0.5, 0.6) is 5.75 Å². The molecule has 0 unspecified atom stereocenters. The van der Waals surface area contributed by atoms with E-state index < -0.39 is 13.2 Å². The van der Waals surface area contributed by atoms with Gasteiger partial charge in [-0.15, -0.1) is 0 Å². The Hall–Kier alpha value is -1.10. The number of phosphoric ester groups is 1. The lowest BCUT2D eigenvalue weighted by molar-refractivity contribution is -0.121. The van der Waals surface area contributed by atoms with Gasteiger partial charge >= 0.3 is 7.82 Å². The van der Waals surface area contributed by atoms with E-state index in [1.165, 1.54) is 13.0 Å². The maximum absolute atomic E-state index is 11.5. The first kappa shape index (κ1) is 34.3. The predicted molar refractivity (Wildman–Crippen MR) is 106 cm³/mol. The van der Waals surface area contributed by atoms with Crippen molar-refractivity contribution >= 4 is 21.5 Å². The van der Waals surface area contributed by atoms with Gasteiger partial charge in [0.2, 0.25) is 0 Å². The highest BCUT2D eigenvalue weighted by atomic mass is 31.2. The maximum atomic E-state index is 11.5. The Labute approximate surface area is 150 Å². The lowest BCUT2D eigenvalue weighted by atomic mass is 9.81. The highest BCUT2D eigenvalue weighted by Crippen LogP contribution is 2.42. The smallest absolute Gasteiger partial charge is 0.404 e. The fourth-order valence-corrected chi connectivity index (χ4v) is 1.80. The Kier molecular flexibility index (Phi) is 20.4. The van der Waals surface area contributed by atoms with Gasteiger partial charge in [-0.1, -0.05) is 61.1 Å². The largest absolute Gasteiger partial charge is 0.524 e. The van der Waals surface area contributed by atoms with Crippen LogP contribution in [0.4, 0.5) is 0 Å². The van der Waals surface area contributed by atoms with Crippen molar-refractivity contribution in [2.45, 2.75) is 69.1 Å². The van der Waals surface area contributed by atoms with Gasteiger partial charge in [0.15, 0.2) is 0 Å². The molecule has 0 amide bonds. The van der Waals surface area contributed by atoms with E-state index in [2.05, 4.69) is 4.52 Å². The SMILES string of the molecule is C.C.C.C.CC(=O)C(C)(C)c1ccccc1OP(=O)(O)O.[B]CC. The molecule has 0 aromatic heterocycles. The summed E-state index contributed by atoms with van der Waals surface area (Å²) in [6, 6.07) is 6.32. The van der Waals surface area contributed by atoms with Gasteiger partial charge in [-0.3, -0.25) is 14.6 Å². The van der Waals surface area contributed by atoms with Crippen molar-refractivity contribution in [3.8, 4) is 5.75 Å². The lowest BCUT2D eigenvalue weighted by Crippen LogP contribution is -2.27. The number of hydrogen-bond donors (Lipinski definition) is 2. The van der Waals surface area contributed by atoms with Gasteiger partial charge in [-0.25, -0.2) is 4.57 Å². The van der Waals surface area contributed by atoms with Crippen LogP contribution >= 0.6 is 7.82 Å². The average Bonchev–Trinajstić information content (AvgIpc) is 2.28. The van der Waals surface area contributed by atoms with E-state index >= 15 is 0 Å². The van der Waals surface area contributed by atoms with Crippen LogP contribution in [0, 0.1) is 0 Å². The topological polar surface area (TPSA) is 83.8 Å². The Morgan fingerprint density at radius 2 is 1.54 bits per heavy atom. The Morgan fingerprint density at radius 1 is 1.17 bits per heavy atom.